The van der Waals surface area contributed by atoms with Gasteiger partial charge >= 0.3 is 12.1 Å². The van der Waals surface area contributed by atoms with Crippen LogP contribution in [0, 0.1) is 23.7 Å². The van der Waals surface area contributed by atoms with Crippen molar-refractivity contribution in [2.45, 2.75) is 150 Å². The number of Topliss-reactive ketones (excluding diaryl/α,β-unsaturated/α-hetero) is 1. The Morgan fingerprint density at radius 2 is 1.28 bits per heavy atom. The lowest BCUT2D eigenvalue weighted by molar-refractivity contribution is -0.159. The normalized spacial score (nSPS) is 15.7. The van der Waals surface area contributed by atoms with Gasteiger partial charge in [-0.2, -0.15) is 0 Å². The monoisotopic (exact) mass is 838 g/mol. The number of likely N-dealkylation sites (N-methyl/N-ethyl adjacent to an activating group) is 5. The molecule has 0 spiro atoms. The molecule has 0 saturated heterocycles. The van der Waals surface area contributed by atoms with Crippen LogP contribution in [0.4, 0.5) is 4.79 Å². The van der Waals surface area contributed by atoms with Crippen LogP contribution < -0.4 is 0 Å². The molecule has 0 aromatic rings. The molecule has 14 nitrogen and oxygen atoms in total. The largest absolute Gasteiger partial charge is 0.459 e. The fourth-order valence-electron chi connectivity index (χ4n) is 7.12. The number of carbonyl (C=O) groups excluding carboxylic acids is 7. The third-order valence-electron chi connectivity index (χ3n) is 11.1. The summed E-state index contributed by atoms with van der Waals surface area (Å²) in [5, 5.41) is 0. The molecular formula is C43H79N5O9Si. The van der Waals surface area contributed by atoms with Gasteiger partial charge in [-0.3, -0.25) is 28.8 Å². The highest BCUT2D eigenvalue weighted by atomic mass is 28.3. The maximum atomic E-state index is 14.0. The van der Waals surface area contributed by atoms with Crippen molar-refractivity contribution in [1.29, 1.82) is 0 Å². The van der Waals surface area contributed by atoms with Crippen LogP contribution in [0.25, 0.3) is 0 Å². The summed E-state index contributed by atoms with van der Waals surface area (Å²) in [6.45, 7) is 19.0. The van der Waals surface area contributed by atoms with Crippen molar-refractivity contribution in [3.8, 4) is 0 Å². The Hall–Kier alpha value is -3.49. The summed E-state index contributed by atoms with van der Waals surface area (Å²) in [5.74, 6) is -3.06. The Labute approximate surface area is 351 Å². The average molecular weight is 838 g/mol. The molecule has 58 heavy (non-hydrogen) atoms. The second-order valence-corrected chi connectivity index (χ2v) is 25.0. The highest BCUT2D eigenvalue weighted by Gasteiger charge is 2.37. The Balaban J connectivity index is 3.10. The third-order valence-corrected chi connectivity index (χ3v) is 12.8. The van der Waals surface area contributed by atoms with Crippen molar-refractivity contribution in [2.75, 3.05) is 61.5 Å². The van der Waals surface area contributed by atoms with Gasteiger partial charge in [0.05, 0.1) is 25.7 Å². The topological polar surface area (TPSA) is 154 Å². The Kier molecular flexibility index (Phi) is 21.7. The van der Waals surface area contributed by atoms with Gasteiger partial charge in [-0.05, 0) is 57.4 Å². The number of ether oxygens (including phenoxy) is 2. The SMILES string of the molecule is CC[C@H](C)[C@H](CC(=O)[C@H](CC(C)C)N(C)C(=O)OCC[Si](C)(C)C)C(=O)N(C)CC(=O)N(C)CC(=O)N(C)[C@@H](CC1CCCCC1)C(=O)N(C)CC(=O)OC(C)(C)C. The quantitative estimate of drug-likeness (QED) is 0.0952. The van der Waals surface area contributed by atoms with Crippen molar-refractivity contribution in [2.24, 2.45) is 23.7 Å². The highest BCUT2D eigenvalue weighted by molar-refractivity contribution is 6.76. The molecule has 0 aromatic heterocycles. The van der Waals surface area contributed by atoms with Gasteiger partial charge in [0.15, 0.2) is 5.78 Å². The van der Waals surface area contributed by atoms with Crippen LogP contribution >= 0.6 is 0 Å². The first-order chi connectivity index (χ1) is 26.7. The summed E-state index contributed by atoms with van der Waals surface area (Å²) in [6, 6.07) is -0.804. The number of carbonyl (C=O) groups is 7. The third kappa shape index (κ3) is 18.6. The number of hydrogen-bond acceptors (Lipinski definition) is 9. The van der Waals surface area contributed by atoms with E-state index in [1.165, 1.54) is 45.6 Å². The minimum absolute atomic E-state index is 0.0975. The number of ketones is 1. The maximum absolute atomic E-state index is 14.0. The number of amides is 5. The first kappa shape index (κ1) is 52.5. The van der Waals surface area contributed by atoms with Crippen LogP contribution in [0.5, 0.6) is 0 Å². The zero-order valence-electron chi connectivity index (χ0n) is 38.8. The van der Waals surface area contributed by atoms with Crippen LogP contribution in [0.15, 0.2) is 0 Å². The van der Waals surface area contributed by atoms with E-state index >= 15 is 0 Å². The second kappa shape index (κ2) is 23.9. The summed E-state index contributed by atoms with van der Waals surface area (Å²) >= 11 is 0. The van der Waals surface area contributed by atoms with E-state index in [2.05, 4.69) is 19.6 Å². The summed E-state index contributed by atoms with van der Waals surface area (Å²) < 4.78 is 11.0. The van der Waals surface area contributed by atoms with Gasteiger partial charge in [-0.15, -0.1) is 0 Å². The molecular weight excluding hydrogens is 759 g/mol. The molecule has 0 aromatic carbocycles. The number of rotatable bonds is 22. The van der Waals surface area contributed by atoms with E-state index in [-0.39, 0.29) is 68.0 Å². The van der Waals surface area contributed by atoms with Crippen LogP contribution in [0.2, 0.25) is 25.7 Å². The molecule has 15 heteroatoms. The Morgan fingerprint density at radius 3 is 1.79 bits per heavy atom. The summed E-state index contributed by atoms with van der Waals surface area (Å²) in [7, 11) is 6.19. The standard InChI is InChI=1S/C43H79N5O9Si/c1-16-31(4)33(26-36(49)34(24-30(2)3)48(12)42(55)56-22-23-58(13,14)15)40(53)45(9)27-37(50)44(8)28-38(51)47(11)35(25-32-20-18-17-19-21-32)41(54)46(10)29-39(52)57-43(5,6)7/h30-35H,16-29H2,1-15H3/t31-,33-,34-,35-/m0/s1. The van der Waals surface area contributed by atoms with Gasteiger partial charge in [0.2, 0.25) is 23.6 Å². The van der Waals surface area contributed by atoms with E-state index in [0.717, 1.165) is 38.1 Å². The van der Waals surface area contributed by atoms with Crippen molar-refractivity contribution < 1.29 is 43.0 Å². The Bertz CT molecular complexity index is 1390. The van der Waals surface area contributed by atoms with Gasteiger partial charge in [-0.1, -0.05) is 85.9 Å². The zero-order valence-corrected chi connectivity index (χ0v) is 39.8. The molecule has 0 bridgehead atoms. The van der Waals surface area contributed by atoms with E-state index in [1.54, 1.807) is 34.9 Å². The van der Waals surface area contributed by atoms with Crippen LogP contribution in [0.1, 0.15) is 106 Å². The van der Waals surface area contributed by atoms with Gasteiger partial charge in [0, 0.05) is 55.7 Å². The number of hydrogen-bond donors (Lipinski definition) is 0. The minimum Gasteiger partial charge on any atom is -0.459 e. The number of nitrogens with zero attached hydrogens (tertiary/aromatic N) is 5. The molecule has 0 unspecified atom stereocenters. The lowest BCUT2D eigenvalue weighted by atomic mass is 9.83. The molecule has 1 saturated carbocycles. The zero-order chi connectivity index (χ0) is 44.7. The van der Waals surface area contributed by atoms with Crippen molar-refractivity contribution in [3.05, 3.63) is 0 Å². The summed E-state index contributed by atoms with van der Waals surface area (Å²) in [4.78, 5) is 101. The number of esters is 1. The molecule has 1 rings (SSSR count). The van der Waals surface area contributed by atoms with Crippen molar-refractivity contribution in [1.82, 2.24) is 24.5 Å². The molecule has 0 N–H and O–H groups in total. The van der Waals surface area contributed by atoms with Crippen LogP contribution in [0.3, 0.4) is 0 Å². The molecule has 5 amide bonds. The molecule has 334 valence electrons. The van der Waals surface area contributed by atoms with Crippen molar-refractivity contribution >= 4 is 49.5 Å². The molecule has 0 aliphatic heterocycles. The van der Waals surface area contributed by atoms with E-state index in [0.29, 0.717) is 19.3 Å². The van der Waals surface area contributed by atoms with E-state index < -0.39 is 55.6 Å². The predicted molar refractivity (Wildman–Crippen MR) is 230 cm³/mol. The van der Waals surface area contributed by atoms with Crippen molar-refractivity contribution in [3.63, 3.8) is 0 Å². The fourth-order valence-corrected chi connectivity index (χ4v) is 7.83. The summed E-state index contributed by atoms with van der Waals surface area (Å²) in [6.07, 6.45) is 5.93. The Morgan fingerprint density at radius 1 is 0.724 bits per heavy atom. The predicted octanol–water partition coefficient (Wildman–Crippen LogP) is 5.94. The van der Waals surface area contributed by atoms with Gasteiger partial charge < -0.3 is 34.0 Å². The van der Waals surface area contributed by atoms with Gasteiger partial charge in [-0.25, -0.2) is 4.79 Å². The lowest BCUT2D eigenvalue weighted by Crippen LogP contribution is -2.53. The molecule has 1 aliphatic rings. The molecule has 0 radical (unpaired) electrons. The van der Waals surface area contributed by atoms with E-state index in [1.807, 2.05) is 27.7 Å². The van der Waals surface area contributed by atoms with Gasteiger partial charge in [0.25, 0.3) is 0 Å². The smallest absolute Gasteiger partial charge is 0.410 e. The van der Waals surface area contributed by atoms with E-state index in [4.69, 9.17) is 9.47 Å². The molecule has 1 fully saturated rings. The first-order valence-electron chi connectivity index (χ1n) is 21.3. The van der Waals surface area contributed by atoms with Crippen LogP contribution in [-0.2, 0) is 38.2 Å². The molecule has 0 heterocycles. The highest BCUT2D eigenvalue weighted by Crippen LogP contribution is 2.29. The van der Waals surface area contributed by atoms with E-state index in [9.17, 15) is 33.6 Å². The average Bonchev–Trinajstić information content (AvgIpc) is 3.12. The maximum Gasteiger partial charge on any atom is 0.410 e. The minimum atomic E-state index is -1.44. The lowest BCUT2D eigenvalue weighted by Gasteiger charge is -2.35. The first-order valence-corrected chi connectivity index (χ1v) is 25.0. The summed E-state index contributed by atoms with van der Waals surface area (Å²) in [5.41, 5.74) is -0.713. The molecule has 4 atom stereocenters. The molecule has 1 aliphatic carbocycles. The second-order valence-electron chi connectivity index (χ2n) is 19.3. The van der Waals surface area contributed by atoms with Gasteiger partial charge in [0.1, 0.15) is 18.2 Å². The van der Waals surface area contributed by atoms with Crippen LogP contribution in [-0.4, -0.2) is 153 Å². The fraction of sp³-hybridized carbons (Fsp3) is 0.837.